The molecule has 0 amide bonds. The second-order valence-electron chi connectivity index (χ2n) is 4.39. The normalized spacial score (nSPS) is 12.5. The monoisotopic (exact) mass is 482 g/mol. The van der Waals surface area contributed by atoms with E-state index in [1.54, 1.807) is 13.2 Å². The van der Waals surface area contributed by atoms with Gasteiger partial charge in [-0.2, -0.15) is 0 Å². The summed E-state index contributed by atoms with van der Waals surface area (Å²) in [6.45, 7) is 0. The third-order valence-electron chi connectivity index (χ3n) is 3.06. The summed E-state index contributed by atoms with van der Waals surface area (Å²) in [7, 11) is 1.73. The van der Waals surface area contributed by atoms with Crippen molar-refractivity contribution in [3.05, 3.63) is 60.7 Å². The van der Waals surface area contributed by atoms with E-state index in [0.717, 1.165) is 8.95 Å². The third-order valence-corrected chi connectivity index (χ3v) is 4.74. The summed E-state index contributed by atoms with van der Waals surface area (Å²) < 4.78 is 29.8. The van der Waals surface area contributed by atoms with E-state index >= 15 is 0 Å². The van der Waals surface area contributed by atoms with Crippen LogP contribution in [0.15, 0.2) is 37.8 Å². The Balaban J connectivity index is 2.38. The van der Waals surface area contributed by atoms with Gasteiger partial charge in [-0.25, -0.2) is 8.78 Å². The third kappa shape index (κ3) is 3.88. The highest BCUT2D eigenvalue weighted by atomic mass is 79.9. The first-order valence-electron chi connectivity index (χ1n) is 6.04. The molecule has 2 nitrogen and oxygen atoms in total. The Bertz CT molecular complexity index is 665. The van der Waals surface area contributed by atoms with Crippen LogP contribution in [0.3, 0.4) is 0 Å². The number of benzene rings is 1. The number of halogens is 5. The van der Waals surface area contributed by atoms with Gasteiger partial charge in [-0.1, -0.05) is 0 Å². The predicted octanol–water partition coefficient (Wildman–Crippen LogP) is 5.15. The molecule has 7 heteroatoms. The lowest BCUT2D eigenvalue weighted by molar-refractivity contribution is 0.506. The summed E-state index contributed by atoms with van der Waals surface area (Å²) in [4.78, 5) is 4.31. The van der Waals surface area contributed by atoms with Gasteiger partial charge in [0.2, 0.25) is 0 Å². The van der Waals surface area contributed by atoms with Gasteiger partial charge in [-0.05, 0) is 79.5 Å². The van der Waals surface area contributed by atoms with Gasteiger partial charge in [0.25, 0.3) is 0 Å². The van der Waals surface area contributed by atoms with Gasteiger partial charge >= 0.3 is 0 Å². The van der Waals surface area contributed by atoms with E-state index < -0.39 is 11.6 Å². The molecular formula is C14H11Br3F2N2. The number of likely N-dealkylation sites (N-methyl/N-ethyl adjacent to an activating group) is 1. The van der Waals surface area contributed by atoms with Gasteiger partial charge in [-0.3, -0.25) is 4.98 Å². The van der Waals surface area contributed by atoms with Gasteiger partial charge < -0.3 is 5.32 Å². The van der Waals surface area contributed by atoms with Crippen LogP contribution in [0.1, 0.15) is 17.3 Å². The van der Waals surface area contributed by atoms with Crippen LogP contribution in [0.2, 0.25) is 0 Å². The van der Waals surface area contributed by atoms with Crippen molar-refractivity contribution in [1.82, 2.24) is 10.3 Å². The highest BCUT2D eigenvalue weighted by Crippen LogP contribution is 2.29. The Labute approximate surface area is 146 Å². The van der Waals surface area contributed by atoms with Crippen molar-refractivity contribution >= 4 is 47.8 Å². The van der Waals surface area contributed by atoms with Crippen LogP contribution in [-0.4, -0.2) is 12.0 Å². The Hall–Kier alpha value is -0.370. The molecular weight excluding hydrogens is 474 g/mol. The zero-order valence-corrected chi connectivity index (χ0v) is 15.7. The molecule has 2 aromatic rings. The van der Waals surface area contributed by atoms with E-state index in [1.165, 1.54) is 12.1 Å². The first kappa shape index (κ1) is 17.0. The maximum atomic E-state index is 14.1. The minimum atomic E-state index is -0.580. The summed E-state index contributed by atoms with van der Waals surface area (Å²) >= 11 is 9.83. The van der Waals surface area contributed by atoms with Crippen molar-refractivity contribution in [1.29, 1.82) is 0 Å². The minimum absolute atomic E-state index is 0.0281. The average molecular weight is 485 g/mol. The van der Waals surface area contributed by atoms with Gasteiger partial charge in [0.05, 0.1) is 16.2 Å². The zero-order valence-electron chi connectivity index (χ0n) is 10.9. The van der Waals surface area contributed by atoms with Crippen LogP contribution in [0, 0.1) is 11.6 Å². The maximum Gasteiger partial charge on any atom is 0.143 e. The predicted molar refractivity (Wildman–Crippen MR) is 89.2 cm³/mol. The van der Waals surface area contributed by atoms with Crippen LogP contribution in [0.25, 0.3) is 0 Å². The Kier molecular flexibility index (Phi) is 5.88. The molecule has 0 bridgehead atoms. The number of hydrogen-bond acceptors (Lipinski definition) is 2. The van der Waals surface area contributed by atoms with E-state index in [0.29, 0.717) is 5.69 Å². The second-order valence-corrected chi connectivity index (χ2v) is 7.01. The first-order chi connectivity index (χ1) is 9.93. The molecule has 0 radical (unpaired) electrons. The van der Waals surface area contributed by atoms with Gasteiger partial charge in [-0.15, -0.1) is 0 Å². The molecule has 2 rings (SSSR count). The quantitative estimate of drug-likeness (QED) is 0.607. The molecule has 1 unspecified atom stereocenters. The molecule has 0 fully saturated rings. The Morgan fingerprint density at radius 3 is 2.52 bits per heavy atom. The van der Waals surface area contributed by atoms with E-state index in [-0.39, 0.29) is 22.5 Å². The first-order valence-corrected chi connectivity index (χ1v) is 8.42. The number of hydrogen-bond donors (Lipinski definition) is 1. The molecule has 1 N–H and O–H groups in total. The van der Waals surface area contributed by atoms with Crippen molar-refractivity contribution < 1.29 is 8.78 Å². The molecule has 0 aliphatic heterocycles. The summed E-state index contributed by atoms with van der Waals surface area (Å²) in [5.74, 6) is -1.15. The second kappa shape index (κ2) is 7.26. The molecule has 1 heterocycles. The molecule has 1 atom stereocenters. The largest absolute Gasteiger partial charge is 0.311 e. The molecule has 0 aliphatic rings. The van der Waals surface area contributed by atoms with Gasteiger partial charge in [0.1, 0.15) is 11.6 Å². The summed E-state index contributed by atoms with van der Waals surface area (Å²) in [6, 6.07) is 4.14. The van der Waals surface area contributed by atoms with Crippen molar-refractivity contribution in [3.63, 3.8) is 0 Å². The van der Waals surface area contributed by atoms with Crippen LogP contribution in [0.5, 0.6) is 0 Å². The van der Waals surface area contributed by atoms with Crippen LogP contribution >= 0.6 is 47.8 Å². The number of aromatic nitrogens is 1. The van der Waals surface area contributed by atoms with Gasteiger partial charge in [0.15, 0.2) is 0 Å². The Morgan fingerprint density at radius 2 is 1.90 bits per heavy atom. The molecule has 1 aromatic carbocycles. The fourth-order valence-corrected chi connectivity index (χ4v) is 3.61. The number of pyridine rings is 1. The molecule has 0 saturated heterocycles. The van der Waals surface area contributed by atoms with Gasteiger partial charge in [0, 0.05) is 20.7 Å². The molecule has 1 aromatic heterocycles. The lowest BCUT2D eigenvalue weighted by atomic mass is 10.0. The van der Waals surface area contributed by atoms with E-state index in [9.17, 15) is 8.78 Å². The lowest BCUT2D eigenvalue weighted by Crippen LogP contribution is -2.21. The molecule has 21 heavy (non-hydrogen) atoms. The van der Waals surface area contributed by atoms with Crippen molar-refractivity contribution in [3.8, 4) is 0 Å². The fraction of sp³-hybridized carbons (Fsp3) is 0.214. The van der Waals surface area contributed by atoms with Crippen molar-refractivity contribution in [2.75, 3.05) is 7.05 Å². The number of nitrogens with one attached hydrogen (secondary N) is 1. The van der Waals surface area contributed by atoms with Crippen LogP contribution in [-0.2, 0) is 6.42 Å². The highest BCUT2D eigenvalue weighted by molar-refractivity contribution is 9.11. The smallest absolute Gasteiger partial charge is 0.143 e. The van der Waals surface area contributed by atoms with Crippen LogP contribution < -0.4 is 5.32 Å². The van der Waals surface area contributed by atoms with E-state index in [1.807, 2.05) is 6.07 Å². The van der Waals surface area contributed by atoms with Crippen molar-refractivity contribution in [2.24, 2.45) is 0 Å². The standard InChI is InChI=1S/C14H11Br3F2N2/c1-20-12(14-10(17)4-7(15)6-21-14)5-8-11(18)3-2-9(16)13(8)19/h2-4,6,12,20H,5H2,1H3. The minimum Gasteiger partial charge on any atom is -0.311 e. The summed E-state index contributed by atoms with van der Waals surface area (Å²) in [6.07, 6.45) is 1.80. The van der Waals surface area contributed by atoms with E-state index in [4.69, 9.17) is 0 Å². The highest BCUT2D eigenvalue weighted by Gasteiger charge is 2.20. The number of nitrogens with zero attached hydrogens (tertiary/aromatic N) is 1. The van der Waals surface area contributed by atoms with Crippen molar-refractivity contribution in [2.45, 2.75) is 12.5 Å². The maximum absolute atomic E-state index is 14.1. The van der Waals surface area contributed by atoms with E-state index in [2.05, 4.69) is 58.1 Å². The lowest BCUT2D eigenvalue weighted by Gasteiger charge is -2.18. The fourth-order valence-electron chi connectivity index (χ4n) is 1.98. The molecule has 112 valence electrons. The Morgan fingerprint density at radius 1 is 1.19 bits per heavy atom. The topological polar surface area (TPSA) is 24.9 Å². The summed E-state index contributed by atoms with van der Waals surface area (Å²) in [5.41, 5.74) is 0.722. The average Bonchev–Trinajstić information content (AvgIpc) is 2.44. The van der Waals surface area contributed by atoms with Crippen LogP contribution in [0.4, 0.5) is 8.78 Å². The molecule has 0 spiro atoms. The SMILES string of the molecule is CNC(Cc1c(F)ccc(Br)c1F)c1ncc(Br)cc1Br. The molecule has 0 saturated carbocycles. The summed E-state index contributed by atoms with van der Waals surface area (Å²) in [5, 5.41) is 3.04. The molecule has 0 aliphatic carbocycles. The zero-order chi connectivity index (χ0) is 15.6. The number of rotatable bonds is 4.